The van der Waals surface area contributed by atoms with Gasteiger partial charge in [-0.1, -0.05) is 0 Å². The summed E-state index contributed by atoms with van der Waals surface area (Å²) in [5, 5.41) is 8.58. The number of aliphatic hydroxyl groups is 1. The average Bonchev–Trinajstić information content (AvgIpc) is 2.27. The van der Waals surface area contributed by atoms with Crippen LogP contribution in [0.2, 0.25) is 0 Å². The summed E-state index contributed by atoms with van der Waals surface area (Å²) in [6, 6.07) is 3.24. The van der Waals surface area contributed by atoms with Crippen LogP contribution in [0.25, 0.3) is 0 Å². The normalized spacial score (nSPS) is 13.6. The molecule has 1 atom stereocenters. The van der Waals surface area contributed by atoms with Crippen molar-refractivity contribution in [2.24, 2.45) is 0 Å². The minimum absolute atomic E-state index is 0.0566. The second-order valence-electron chi connectivity index (χ2n) is 3.52. The molecule has 6 heteroatoms. The smallest absolute Gasteiger partial charge is 0.212 e. The number of nitrogens with zero attached hydrogens (tertiary/aromatic N) is 1. The van der Waals surface area contributed by atoms with Gasteiger partial charge in [0.2, 0.25) is 10.0 Å². The Morgan fingerprint density at radius 3 is 2.62 bits per heavy atom. The van der Waals surface area contributed by atoms with Crippen molar-refractivity contribution < 1.29 is 13.5 Å². The molecule has 1 heterocycles. The second-order valence-corrected chi connectivity index (χ2v) is 5.39. The van der Waals surface area contributed by atoms with Gasteiger partial charge in [-0.25, -0.2) is 13.1 Å². The number of pyridine rings is 1. The van der Waals surface area contributed by atoms with E-state index >= 15 is 0 Å². The SMILES string of the molecule is CC(NS(=O)(=O)CCCO)c1ccncc1. The van der Waals surface area contributed by atoms with E-state index in [0.717, 1.165) is 5.56 Å². The van der Waals surface area contributed by atoms with Crippen LogP contribution in [0.15, 0.2) is 24.5 Å². The maximum Gasteiger partial charge on any atom is 0.212 e. The van der Waals surface area contributed by atoms with E-state index in [2.05, 4.69) is 9.71 Å². The molecule has 1 aromatic heterocycles. The van der Waals surface area contributed by atoms with Gasteiger partial charge in [0.1, 0.15) is 0 Å². The minimum Gasteiger partial charge on any atom is -0.396 e. The van der Waals surface area contributed by atoms with Gasteiger partial charge in [0.15, 0.2) is 0 Å². The molecule has 1 unspecified atom stereocenters. The summed E-state index contributed by atoms with van der Waals surface area (Å²) in [7, 11) is -3.32. The van der Waals surface area contributed by atoms with Crippen molar-refractivity contribution in [3.63, 3.8) is 0 Å². The van der Waals surface area contributed by atoms with Gasteiger partial charge in [-0.3, -0.25) is 4.98 Å². The molecule has 5 nitrogen and oxygen atoms in total. The van der Waals surface area contributed by atoms with Gasteiger partial charge in [0, 0.05) is 25.0 Å². The van der Waals surface area contributed by atoms with Gasteiger partial charge < -0.3 is 5.11 Å². The van der Waals surface area contributed by atoms with E-state index < -0.39 is 10.0 Å². The Kier molecular flexibility index (Phi) is 4.85. The van der Waals surface area contributed by atoms with Gasteiger partial charge in [-0.2, -0.15) is 0 Å². The van der Waals surface area contributed by atoms with Crippen LogP contribution in [0.5, 0.6) is 0 Å². The topological polar surface area (TPSA) is 79.3 Å². The van der Waals surface area contributed by atoms with Crippen molar-refractivity contribution in [3.05, 3.63) is 30.1 Å². The first-order valence-electron chi connectivity index (χ1n) is 5.06. The fourth-order valence-corrected chi connectivity index (χ4v) is 2.60. The van der Waals surface area contributed by atoms with Gasteiger partial charge >= 0.3 is 0 Å². The van der Waals surface area contributed by atoms with E-state index in [0.29, 0.717) is 0 Å². The van der Waals surface area contributed by atoms with E-state index in [1.54, 1.807) is 31.5 Å². The monoisotopic (exact) mass is 244 g/mol. The molecule has 0 amide bonds. The molecule has 0 saturated carbocycles. The standard InChI is InChI=1S/C10H16N2O3S/c1-9(10-3-5-11-6-4-10)12-16(14,15)8-2-7-13/h3-6,9,12-13H,2,7-8H2,1H3. The molecule has 0 aliphatic carbocycles. The third kappa shape index (κ3) is 4.26. The highest BCUT2D eigenvalue weighted by molar-refractivity contribution is 7.89. The lowest BCUT2D eigenvalue weighted by molar-refractivity contribution is 0.295. The van der Waals surface area contributed by atoms with Crippen molar-refractivity contribution in [2.45, 2.75) is 19.4 Å². The van der Waals surface area contributed by atoms with Crippen LogP contribution in [0.4, 0.5) is 0 Å². The highest BCUT2D eigenvalue weighted by atomic mass is 32.2. The molecule has 0 aliphatic heterocycles. The average molecular weight is 244 g/mol. The largest absolute Gasteiger partial charge is 0.396 e. The van der Waals surface area contributed by atoms with Crippen molar-refractivity contribution in [2.75, 3.05) is 12.4 Å². The molecular weight excluding hydrogens is 228 g/mol. The lowest BCUT2D eigenvalue weighted by atomic mass is 10.1. The maximum absolute atomic E-state index is 11.5. The van der Waals surface area contributed by atoms with Crippen molar-refractivity contribution in [3.8, 4) is 0 Å². The first-order chi connectivity index (χ1) is 7.55. The van der Waals surface area contributed by atoms with Crippen LogP contribution in [-0.2, 0) is 10.0 Å². The Morgan fingerprint density at radius 1 is 1.44 bits per heavy atom. The lowest BCUT2D eigenvalue weighted by Gasteiger charge is -2.13. The molecule has 0 bridgehead atoms. The number of rotatable bonds is 6. The Balaban J connectivity index is 2.61. The Labute approximate surface area is 95.6 Å². The van der Waals surface area contributed by atoms with Crippen LogP contribution in [0.3, 0.4) is 0 Å². The first kappa shape index (κ1) is 13.1. The summed E-state index contributed by atoms with van der Waals surface area (Å²) >= 11 is 0. The predicted molar refractivity (Wildman–Crippen MR) is 61.3 cm³/mol. The third-order valence-corrected chi connectivity index (χ3v) is 3.67. The molecule has 0 saturated heterocycles. The van der Waals surface area contributed by atoms with Crippen LogP contribution in [0, 0.1) is 0 Å². The van der Waals surface area contributed by atoms with Crippen LogP contribution < -0.4 is 4.72 Å². The van der Waals surface area contributed by atoms with Crippen molar-refractivity contribution >= 4 is 10.0 Å². The molecule has 0 aliphatic rings. The van der Waals surface area contributed by atoms with Gasteiger partial charge in [0.05, 0.1) is 5.75 Å². The molecule has 0 spiro atoms. The third-order valence-electron chi connectivity index (χ3n) is 2.13. The summed E-state index contributed by atoms with van der Waals surface area (Å²) in [6.07, 6.45) is 3.49. The van der Waals surface area contributed by atoms with E-state index in [1.807, 2.05) is 0 Å². The Morgan fingerprint density at radius 2 is 2.06 bits per heavy atom. The quantitative estimate of drug-likeness (QED) is 0.761. The fraction of sp³-hybridized carbons (Fsp3) is 0.500. The maximum atomic E-state index is 11.5. The van der Waals surface area contributed by atoms with Gasteiger partial charge in [-0.15, -0.1) is 0 Å². The zero-order valence-electron chi connectivity index (χ0n) is 9.13. The number of nitrogens with one attached hydrogen (secondary N) is 1. The molecule has 16 heavy (non-hydrogen) atoms. The summed E-state index contributed by atoms with van der Waals surface area (Å²) in [6.45, 7) is 1.65. The van der Waals surface area contributed by atoms with Crippen molar-refractivity contribution in [1.82, 2.24) is 9.71 Å². The molecule has 0 aromatic carbocycles. The van der Waals surface area contributed by atoms with Crippen LogP contribution in [-0.4, -0.2) is 30.9 Å². The lowest BCUT2D eigenvalue weighted by Crippen LogP contribution is -2.29. The molecular formula is C10H16N2O3S. The van der Waals surface area contributed by atoms with E-state index in [4.69, 9.17) is 5.11 Å². The minimum atomic E-state index is -3.32. The number of aliphatic hydroxyl groups excluding tert-OH is 1. The van der Waals surface area contributed by atoms with E-state index in [1.165, 1.54) is 0 Å². The molecule has 1 aromatic rings. The Hall–Kier alpha value is -0.980. The second kappa shape index (κ2) is 5.93. The summed E-state index contributed by atoms with van der Waals surface area (Å²) < 4.78 is 25.6. The molecule has 1 rings (SSSR count). The summed E-state index contributed by atoms with van der Waals surface area (Å²) in [5.41, 5.74) is 0.863. The first-order valence-corrected chi connectivity index (χ1v) is 6.71. The van der Waals surface area contributed by atoms with Crippen LogP contribution >= 0.6 is 0 Å². The summed E-state index contributed by atoms with van der Waals surface area (Å²) in [4.78, 5) is 3.86. The predicted octanol–water partition coefficient (Wildman–Crippen LogP) is 0.444. The highest BCUT2D eigenvalue weighted by Crippen LogP contribution is 2.11. The zero-order chi connectivity index (χ0) is 12.0. The van der Waals surface area contributed by atoms with Crippen molar-refractivity contribution in [1.29, 1.82) is 0 Å². The molecule has 90 valence electrons. The number of sulfonamides is 1. The summed E-state index contributed by atoms with van der Waals surface area (Å²) in [5.74, 6) is -0.0566. The highest BCUT2D eigenvalue weighted by Gasteiger charge is 2.14. The van der Waals surface area contributed by atoms with E-state index in [9.17, 15) is 8.42 Å². The molecule has 0 radical (unpaired) electrons. The molecule has 2 N–H and O–H groups in total. The Bertz CT molecular complexity index is 405. The van der Waals surface area contributed by atoms with Gasteiger partial charge in [0.25, 0.3) is 0 Å². The molecule has 0 fully saturated rings. The van der Waals surface area contributed by atoms with Gasteiger partial charge in [-0.05, 0) is 31.0 Å². The number of hydrogen-bond donors (Lipinski definition) is 2. The fourth-order valence-electron chi connectivity index (χ4n) is 1.30. The number of hydrogen-bond acceptors (Lipinski definition) is 4. The van der Waals surface area contributed by atoms with E-state index in [-0.39, 0.29) is 24.8 Å². The van der Waals surface area contributed by atoms with Crippen LogP contribution in [0.1, 0.15) is 24.9 Å². The zero-order valence-corrected chi connectivity index (χ0v) is 9.94. The number of aromatic nitrogens is 1.